The van der Waals surface area contributed by atoms with Crippen molar-refractivity contribution >= 4 is 39.0 Å². The Bertz CT molecular complexity index is 878. The van der Waals surface area contributed by atoms with Crippen molar-refractivity contribution in [1.29, 1.82) is 5.41 Å². The van der Waals surface area contributed by atoms with E-state index in [1.807, 2.05) is 12.1 Å². The summed E-state index contributed by atoms with van der Waals surface area (Å²) in [5.74, 6) is 0.0751. The van der Waals surface area contributed by atoms with Crippen LogP contribution in [0.5, 0.6) is 5.75 Å². The molecule has 2 rings (SSSR count). The molecule has 0 atom stereocenters. The number of carbonyl (C=O) groups excluding carboxylic acids is 1. The Hall–Kier alpha value is -1.84. The van der Waals surface area contributed by atoms with Gasteiger partial charge in [-0.3, -0.25) is 14.8 Å². The predicted octanol–water partition coefficient (Wildman–Crippen LogP) is 3.63. The highest BCUT2D eigenvalue weighted by Crippen LogP contribution is 2.40. The molecule has 1 aliphatic heterocycles. The number of nitrogens with one attached hydrogen (secondary N) is 2. The highest BCUT2D eigenvalue weighted by molar-refractivity contribution is 8.18. The fraction of sp³-hybridized carbons (Fsp3) is 0.474. The fourth-order valence-electron chi connectivity index (χ4n) is 2.48. The molecule has 1 aliphatic rings. The first-order valence-corrected chi connectivity index (χ1v) is 11.2. The third kappa shape index (κ3) is 7.29. The first kappa shape index (κ1) is 24.2. The van der Waals surface area contributed by atoms with Crippen molar-refractivity contribution < 1.29 is 22.9 Å². The second-order valence-corrected chi connectivity index (χ2v) is 11.1. The lowest BCUT2D eigenvalue weighted by atomic mass is 9.78. The summed E-state index contributed by atoms with van der Waals surface area (Å²) in [5, 5.41) is 20.9. The first-order valence-electron chi connectivity index (χ1n) is 8.49. The highest BCUT2D eigenvalue weighted by Gasteiger charge is 2.27. The number of rotatable bonds is 1. The Morgan fingerprint density at radius 3 is 1.75 bits per heavy atom. The van der Waals surface area contributed by atoms with Gasteiger partial charge in [0.1, 0.15) is 5.75 Å². The number of phenolic OH excluding ortho intramolecular Hbond substituents is 1. The number of amides is 1. The van der Waals surface area contributed by atoms with E-state index in [1.54, 1.807) is 6.08 Å². The smallest absolute Gasteiger partial charge is 0.264 e. The Balaban J connectivity index is 0.000000696. The molecule has 0 spiro atoms. The summed E-state index contributed by atoms with van der Waals surface area (Å²) < 4.78 is 25.9. The summed E-state index contributed by atoms with van der Waals surface area (Å²) in [4.78, 5) is 12.3. The molecular weight excluding hydrogens is 400 g/mol. The molecule has 0 saturated carbocycles. The number of aromatic hydroxyl groups is 1. The molecule has 0 radical (unpaired) electrons. The number of amidine groups is 1. The van der Waals surface area contributed by atoms with E-state index in [0.717, 1.165) is 28.5 Å². The Morgan fingerprint density at radius 2 is 1.46 bits per heavy atom. The molecular formula is C19H28N2O5S2. The van der Waals surface area contributed by atoms with Crippen LogP contribution in [0, 0.1) is 5.41 Å². The minimum Gasteiger partial charge on any atom is -0.507 e. The van der Waals surface area contributed by atoms with E-state index in [4.69, 9.17) is 9.96 Å². The Morgan fingerprint density at radius 1 is 1.07 bits per heavy atom. The van der Waals surface area contributed by atoms with Crippen LogP contribution in [0.4, 0.5) is 0 Å². The second kappa shape index (κ2) is 8.26. The van der Waals surface area contributed by atoms with Crippen LogP contribution in [-0.2, 0) is 25.7 Å². The van der Waals surface area contributed by atoms with Crippen molar-refractivity contribution in [2.75, 3.05) is 6.26 Å². The van der Waals surface area contributed by atoms with E-state index >= 15 is 0 Å². The van der Waals surface area contributed by atoms with Crippen LogP contribution < -0.4 is 5.32 Å². The van der Waals surface area contributed by atoms with Gasteiger partial charge < -0.3 is 10.4 Å². The van der Waals surface area contributed by atoms with Crippen LogP contribution in [0.25, 0.3) is 6.08 Å². The maximum Gasteiger partial charge on any atom is 0.264 e. The molecule has 1 aromatic rings. The number of phenols is 1. The fourth-order valence-corrected chi connectivity index (χ4v) is 3.18. The zero-order valence-electron chi connectivity index (χ0n) is 17.2. The van der Waals surface area contributed by atoms with Gasteiger partial charge in [0.25, 0.3) is 16.0 Å². The molecule has 1 saturated heterocycles. The van der Waals surface area contributed by atoms with Crippen molar-refractivity contribution in [3.8, 4) is 5.75 Å². The third-order valence-corrected chi connectivity index (χ3v) is 4.54. The van der Waals surface area contributed by atoms with E-state index in [1.165, 1.54) is 0 Å². The molecule has 28 heavy (non-hydrogen) atoms. The maximum absolute atomic E-state index is 11.8. The van der Waals surface area contributed by atoms with Gasteiger partial charge in [0.15, 0.2) is 5.17 Å². The van der Waals surface area contributed by atoms with Gasteiger partial charge in [0.05, 0.1) is 11.2 Å². The molecule has 1 heterocycles. The van der Waals surface area contributed by atoms with Crippen LogP contribution >= 0.6 is 11.8 Å². The monoisotopic (exact) mass is 428 g/mol. The number of benzene rings is 1. The summed E-state index contributed by atoms with van der Waals surface area (Å²) in [6.45, 7) is 12.3. The summed E-state index contributed by atoms with van der Waals surface area (Å²) in [5.41, 5.74) is 2.16. The average molecular weight is 429 g/mol. The number of hydrogen-bond acceptors (Lipinski definition) is 6. The molecule has 4 N–H and O–H groups in total. The molecule has 0 aromatic heterocycles. The summed E-state index contributed by atoms with van der Waals surface area (Å²) in [6, 6.07) is 3.85. The molecule has 1 fully saturated rings. The van der Waals surface area contributed by atoms with E-state index < -0.39 is 10.1 Å². The van der Waals surface area contributed by atoms with Crippen molar-refractivity contribution in [2.45, 2.75) is 52.4 Å². The van der Waals surface area contributed by atoms with Crippen molar-refractivity contribution in [3.05, 3.63) is 33.7 Å². The van der Waals surface area contributed by atoms with Gasteiger partial charge >= 0.3 is 0 Å². The maximum atomic E-state index is 11.8. The van der Waals surface area contributed by atoms with Gasteiger partial charge in [-0.2, -0.15) is 8.42 Å². The van der Waals surface area contributed by atoms with Gasteiger partial charge in [-0.15, -0.1) is 0 Å². The molecule has 0 unspecified atom stereocenters. The topological polar surface area (TPSA) is 128 Å². The summed E-state index contributed by atoms with van der Waals surface area (Å²) in [6.07, 6.45) is 2.50. The lowest BCUT2D eigenvalue weighted by molar-refractivity contribution is -0.115. The Labute approximate surface area is 170 Å². The molecule has 7 nitrogen and oxygen atoms in total. The highest BCUT2D eigenvalue weighted by atomic mass is 32.2. The minimum atomic E-state index is -3.67. The first-order chi connectivity index (χ1) is 12.4. The quantitative estimate of drug-likeness (QED) is 0.399. The SMILES string of the molecule is CC(C)(C)c1cc(C=C2SC(=N)NC2=O)cc(C(C)(C)C)c1O.CS(=O)(=O)O. The second-order valence-electron chi connectivity index (χ2n) is 8.59. The van der Waals surface area contributed by atoms with Crippen LogP contribution in [0.15, 0.2) is 17.0 Å². The van der Waals surface area contributed by atoms with Gasteiger partial charge in [0.2, 0.25) is 0 Å². The Kier molecular flexibility index (Phi) is 7.14. The van der Waals surface area contributed by atoms with Gasteiger partial charge in [-0.05, 0) is 46.4 Å². The molecule has 9 heteroatoms. The molecule has 0 bridgehead atoms. The number of hydrogen-bond donors (Lipinski definition) is 4. The molecule has 1 amide bonds. The molecule has 0 aliphatic carbocycles. The standard InChI is InChI=1S/C18H24N2O2S.CH4O3S/c1-17(2,3)11-7-10(8-12(14(11)21)18(4,5)6)9-13-15(22)20-16(19)23-13;1-5(2,3)4/h7-9,21H,1-6H3,(H2,19,20,22);1H3,(H,2,3,4). The lowest BCUT2D eigenvalue weighted by Gasteiger charge is -2.28. The third-order valence-electron chi connectivity index (χ3n) is 3.71. The number of carbonyl (C=O) groups is 1. The van der Waals surface area contributed by atoms with Crippen molar-refractivity contribution in [3.63, 3.8) is 0 Å². The van der Waals surface area contributed by atoms with E-state index in [2.05, 4.69) is 46.9 Å². The van der Waals surface area contributed by atoms with Gasteiger partial charge in [0, 0.05) is 11.1 Å². The van der Waals surface area contributed by atoms with Gasteiger partial charge in [-0.25, -0.2) is 0 Å². The normalized spacial score (nSPS) is 16.6. The van der Waals surface area contributed by atoms with Crippen LogP contribution in [-0.4, -0.2) is 35.4 Å². The van der Waals surface area contributed by atoms with Crippen LogP contribution in [0.2, 0.25) is 0 Å². The molecule has 156 valence electrons. The molecule has 1 aromatic carbocycles. The average Bonchev–Trinajstić information content (AvgIpc) is 2.74. The summed E-state index contributed by atoms with van der Waals surface area (Å²) in [7, 11) is -3.67. The predicted molar refractivity (Wildman–Crippen MR) is 114 cm³/mol. The largest absolute Gasteiger partial charge is 0.507 e. The number of thioether (sulfide) groups is 1. The lowest BCUT2D eigenvalue weighted by Crippen LogP contribution is -2.18. The summed E-state index contributed by atoms with van der Waals surface area (Å²) >= 11 is 1.12. The van der Waals surface area contributed by atoms with Crippen LogP contribution in [0.1, 0.15) is 58.2 Å². The zero-order valence-corrected chi connectivity index (χ0v) is 18.8. The van der Waals surface area contributed by atoms with E-state index in [-0.39, 0.29) is 21.9 Å². The zero-order chi connectivity index (χ0) is 22.1. The van der Waals surface area contributed by atoms with Gasteiger partial charge in [-0.1, -0.05) is 41.5 Å². The van der Waals surface area contributed by atoms with Crippen molar-refractivity contribution in [2.24, 2.45) is 0 Å². The van der Waals surface area contributed by atoms with Crippen LogP contribution in [0.3, 0.4) is 0 Å². The van der Waals surface area contributed by atoms with E-state index in [0.29, 0.717) is 16.9 Å². The van der Waals surface area contributed by atoms with E-state index in [9.17, 15) is 18.3 Å². The minimum absolute atomic E-state index is 0.145. The van der Waals surface area contributed by atoms with Crippen molar-refractivity contribution in [1.82, 2.24) is 5.32 Å².